The Balaban J connectivity index is 3.34. The van der Waals surface area contributed by atoms with Crippen molar-refractivity contribution in [3.8, 4) is 0 Å². The average molecular weight is 190 g/mol. The van der Waals surface area contributed by atoms with Crippen LogP contribution in [0.2, 0.25) is 0 Å². The number of hydrogen-bond acceptors (Lipinski definition) is 1. The number of hydrogen-bond donors (Lipinski definition) is 0. The number of Topliss-reactive ketones (excluding diaryl/α,β-unsaturated/α-hetero) is 1. The molecule has 0 spiro atoms. The highest BCUT2D eigenvalue weighted by Gasteiger charge is 2.10. The summed E-state index contributed by atoms with van der Waals surface area (Å²) in [5.41, 5.74) is 4.50. The van der Waals surface area contributed by atoms with Crippen molar-refractivity contribution in [3.63, 3.8) is 0 Å². The number of ketones is 1. The molecule has 0 N–H and O–H groups in total. The van der Waals surface area contributed by atoms with Gasteiger partial charge >= 0.3 is 0 Å². The summed E-state index contributed by atoms with van der Waals surface area (Å²) in [6.45, 7) is 10.0. The van der Waals surface area contributed by atoms with Gasteiger partial charge in [0.25, 0.3) is 0 Å². The zero-order chi connectivity index (χ0) is 10.9. The van der Waals surface area contributed by atoms with Gasteiger partial charge in [0.05, 0.1) is 0 Å². The third kappa shape index (κ3) is 2.03. The van der Waals surface area contributed by atoms with Crippen molar-refractivity contribution in [2.45, 2.75) is 40.5 Å². The fourth-order valence-electron chi connectivity index (χ4n) is 1.87. The summed E-state index contributed by atoms with van der Waals surface area (Å²) in [5.74, 6) is 0.637. The second-order valence-corrected chi connectivity index (χ2v) is 4.23. The van der Waals surface area contributed by atoms with Crippen LogP contribution in [0, 0.1) is 13.8 Å². The van der Waals surface area contributed by atoms with Crippen LogP contribution in [0.1, 0.15) is 53.7 Å². The maximum absolute atomic E-state index is 11.4. The van der Waals surface area contributed by atoms with Gasteiger partial charge in [-0.15, -0.1) is 0 Å². The molecule has 0 heterocycles. The zero-order valence-corrected chi connectivity index (χ0v) is 9.64. The first kappa shape index (κ1) is 11.0. The molecule has 0 saturated heterocycles. The van der Waals surface area contributed by atoms with Crippen molar-refractivity contribution in [1.82, 2.24) is 0 Å². The lowest BCUT2D eigenvalue weighted by molar-refractivity contribution is 0.101. The summed E-state index contributed by atoms with van der Waals surface area (Å²) >= 11 is 0. The van der Waals surface area contributed by atoms with Crippen molar-refractivity contribution >= 4 is 5.78 Å². The summed E-state index contributed by atoms with van der Waals surface area (Å²) < 4.78 is 0. The maximum atomic E-state index is 11.4. The largest absolute Gasteiger partial charge is 0.295 e. The van der Waals surface area contributed by atoms with Gasteiger partial charge in [-0.1, -0.05) is 19.9 Å². The summed E-state index contributed by atoms with van der Waals surface area (Å²) in [7, 11) is 0. The van der Waals surface area contributed by atoms with Crippen molar-refractivity contribution in [2.24, 2.45) is 0 Å². The number of benzene rings is 1. The Labute approximate surface area is 86.1 Å². The monoisotopic (exact) mass is 190 g/mol. The first-order valence-corrected chi connectivity index (χ1v) is 5.05. The van der Waals surface area contributed by atoms with Crippen LogP contribution in [0.4, 0.5) is 0 Å². The Hall–Kier alpha value is -1.11. The van der Waals surface area contributed by atoms with Crippen molar-refractivity contribution in [3.05, 3.63) is 34.4 Å². The van der Waals surface area contributed by atoms with Crippen LogP contribution in [0.5, 0.6) is 0 Å². The Bertz CT molecular complexity index is 362. The van der Waals surface area contributed by atoms with Crippen molar-refractivity contribution < 1.29 is 4.79 Å². The predicted octanol–water partition coefficient (Wildman–Crippen LogP) is 3.63. The molecule has 0 aliphatic rings. The van der Waals surface area contributed by atoms with Crippen LogP contribution in [0.3, 0.4) is 0 Å². The van der Waals surface area contributed by atoms with Crippen LogP contribution >= 0.6 is 0 Å². The van der Waals surface area contributed by atoms with E-state index in [1.807, 2.05) is 13.0 Å². The van der Waals surface area contributed by atoms with Gasteiger partial charge in [0, 0.05) is 5.56 Å². The van der Waals surface area contributed by atoms with E-state index in [0.717, 1.165) is 11.1 Å². The number of carbonyl (C=O) groups is 1. The van der Waals surface area contributed by atoms with E-state index in [1.165, 1.54) is 11.1 Å². The molecule has 14 heavy (non-hydrogen) atoms. The summed E-state index contributed by atoms with van der Waals surface area (Å²) in [4.78, 5) is 11.4. The van der Waals surface area contributed by atoms with Gasteiger partial charge in [0.1, 0.15) is 0 Å². The topological polar surface area (TPSA) is 17.1 Å². The quantitative estimate of drug-likeness (QED) is 0.651. The summed E-state index contributed by atoms with van der Waals surface area (Å²) in [6.07, 6.45) is 0. The minimum absolute atomic E-state index is 0.157. The Morgan fingerprint density at radius 3 is 2.14 bits per heavy atom. The van der Waals surface area contributed by atoms with Crippen LogP contribution < -0.4 is 0 Å². The molecule has 0 aliphatic heterocycles. The maximum Gasteiger partial charge on any atom is 0.160 e. The van der Waals surface area contributed by atoms with E-state index in [-0.39, 0.29) is 5.78 Å². The predicted molar refractivity (Wildman–Crippen MR) is 60.0 cm³/mol. The van der Waals surface area contributed by atoms with E-state index in [9.17, 15) is 4.79 Å². The van der Waals surface area contributed by atoms with Gasteiger partial charge in [-0.25, -0.2) is 0 Å². The molecule has 0 aliphatic carbocycles. The van der Waals surface area contributed by atoms with E-state index < -0.39 is 0 Å². The SMILES string of the molecule is CC(=O)c1cc(C(C)C)c(C)cc1C. The number of carbonyl (C=O) groups excluding carboxylic acids is 1. The lowest BCUT2D eigenvalue weighted by Crippen LogP contribution is -2.01. The molecule has 1 aromatic rings. The first-order valence-electron chi connectivity index (χ1n) is 5.05. The van der Waals surface area contributed by atoms with Gasteiger partial charge in [0.2, 0.25) is 0 Å². The van der Waals surface area contributed by atoms with Gasteiger partial charge in [-0.2, -0.15) is 0 Å². The molecular weight excluding hydrogens is 172 g/mol. The molecule has 0 saturated carbocycles. The van der Waals surface area contributed by atoms with E-state index in [0.29, 0.717) is 5.92 Å². The average Bonchev–Trinajstić information content (AvgIpc) is 2.02. The van der Waals surface area contributed by atoms with E-state index >= 15 is 0 Å². The van der Waals surface area contributed by atoms with Crippen LogP contribution in [0.15, 0.2) is 12.1 Å². The lowest BCUT2D eigenvalue weighted by atomic mass is 9.92. The molecule has 1 heteroatoms. The van der Waals surface area contributed by atoms with Gasteiger partial charge < -0.3 is 0 Å². The minimum atomic E-state index is 0.157. The molecule has 0 radical (unpaired) electrons. The molecule has 1 nitrogen and oxygen atoms in total. The highest BCUT2D eigenvalue weighted by molar-refractivity contribution is 5.95. The smallest absolute Gasteiger partial charge is 0.160 e. The van der Waals surface area contributed by atoms with Gasteiger partial charge in [0.15, 0.2) is 5.78 Å². The number of rotatable bonds is 2. The minimum Gasteiger partial charge on any atom is -0.295 e. The Morgan fingerprint density at radius 1 is 1.14 bits per heavy atom. The van der Waals surface area contributed by atoms with Crippen molar-refractivity contribution in [1.29, 1.82) is 0 Å². The highest BCUT2D eigenvalue weighted by atomic mass is 16.1. The molecule has 0 aromatic heterocycles. The third-order valence-corrected chi connectivity index (χ3v) is 2.61. The normalized spacial score (nSPS) is 10.7. The summed E-state index contributed by atoms with van der Waals surface area (Å²) in [6, 6.07) is 4.14. The standard InChI is InChI=1S/C13H18O/c1-8(2)12-7-13(11(5)14)10(4)6-9(12)3/h6-8H,1-5H3. The molecule has 0 bridgehead atoms. The molecule has 1 aromatic carbocycles. The van der Waals surface area contributed by atoms with E-state index in [4.69, 9.17) is 0 Å². The van der Waals surface area contributed by atoms with Crippen LogP contribution in [0.25, 0.3) is 0 Å². The van der Waals surface area contributed by atoms with E-state index in [1.54, 1.807) is 6.92 Å². The van der Waals surface area contributed by atoms with Crippen LogP contribution in [-0.4, -0.2) is 5.78 Å². The van der Waals surface area contributed by atoms with E-state index in [2.05, 4.69) is 26.8 Å². The number of aryl methyl sites for hydroxylation is 2. The molecule has 76 valence electrons. The molecule has 0 amide bonds. The molecule has 0 fully saturated rings. The van der Waals surface area contributed by atoms with Crippen LogP contribution in [-0.2, 0) is 0 Å². The Kier molecular flexibility index (Phi) is 3.10. The van der Waals surface area contributed by atoms with Gasteiger partial charge in [-0.05, 0) is 49.4 Å². The molecular formula is C13H18O. The Morgan fingerprint density at radius 2 is 1.71 bits per heavy atom. The lowest BCUT2D eigenvalue weighted by Gasteiger charge is -2.13. The first-order chi connectivity index (χ1) is 6.43. The highest BCUT2D eigenvalue weighted by Crippen LogP contribution is 2.23. The zero-order valence-electron chi connectivity index (χ0n) is 9.64. The van der Waals surface area contributed by atoms with Gasteiger partial charge in [-0.3, -0.25) is 4.79 Å². The molecule has 1 rings (SSSR count). The fraction of sp³-hybridized carbons (Fsp3) is 0.462. The third-order valence-electron chi connectivity index (χ3n) is 2.61. The second kappa shape index (κ2) is 3.95. The fourth-order valence-corrected chi connectivity index (χ4v) is 1.87. The summed E-state index contributed by atoms with van der Waals surface area (Å²) in [5, 5.41) is 0. The molecule has 0 unspecified atom stereocenters. The van der Waals surface area contributed by atoms with Crippen molar-refractivity contribution in [2.75, 3.05) is 0 Å². The second-order valence-electron chi connectivity index (χ2n) is 4.23. The molecule has 0 atom stereocenters.